The molecule has 1 fully saturated rings. The summed E-state index contributed by atoms with van der Waals surface area (Å²) in [6, 6.07) is 8.15. The first-order valence-electron chi connectivity index (χ1n) is 5.36. The first-order chi connectivity index (χ1) is 7.32. The zero-order valence-corrected chi connectivity index (χ0v) is 9.03. The second-order valence-electron chi connectivity index (χ2n) is 4.02. The van der Waals surface area contributed by atoms with Crippen LogP contribution in [0.1, 0.15) is 25.3 Å². The second-order valence-corrected chi connectivity index (χ2v) is 4.02. The lowest BCUT2D eigenvalue weighted by molar-refractivity contribution is 0.115. The van der Waals surface area contributed by atoms with Gasteiger partial charge in [-0.2, -0.15) is 0 Å². The van der Waals surface area contributed by atoms with Gasteiger partial charge in [0, 0.05) is 11.0 Å². The van der Waals surface area contributed by atoms with Crippen LogP contribution < -0.4 is 10.6 Å². The Morgan fingerprint density at radius 1 is 1.33 bits per heavy atom. The predicted octanol–water partition coefficient (Wildman–Crippen LogP) is 2.01. The normalized spacial score (nSPS) is 17.5. The summed E-state index contributed by atoms with van der Waals surface area (Å²) in [7, 11) is 0. The Kier molecular flexibility index (Phi) is 2.93. The molecule has 2 rings (SSSR count). The van der Waals surface area contributed by atoms with Gasteiger partial charge in [-0.15, -0.1) is 0 Å². The summed E-state index contributed by atoms with van der Waals surface area (Å²) in [5.41, 5.74) is 1.35. The van der Waals surface area contributed by atoms with Crippen LogP contribution in [0.3, 0.4) is 0 Å². The Labute approximate surface area is 90.1 Å². The maximum Gasteiger partial charge on any atom is 0.123 e. The third-order valence-corrected chi connectivity index (χ3v) is 2.97. The van der Waals surface area contributed by atoms with Crippen molar-refractivity contribution >= 4 is 0 Å². The number of hydrogen-bond donors (Lipinski definition) is 1. The molecule has 82 valence electrons. The van der Waals surface area contributed by atoms with Gasteiger partial charge in [0.1, 0.15) is 5.75 Å². The van der Waals surface area contributed by atoms with E-state index >= 15 is 0 Å². The highest BCUT2D eigenvalue weighted by atomic mass is 16.6. The maximum atomic E-state index is 5.61. The van der Waals surface area contributed by atoms with Crippen molar-refractivity contribution in [3.63, 3.8) is 0 Å². The van der Waals surface area contributed by atoms with E-state index in [1.165, 1.54) is 5.56 Å². The molecule has 1 aromatic rings. The van der Waals surface area contributed by atoms with Crippen molar-refractivity contribution in [3.8, 4) is 5.75 Å². The maximum absolute atomic E-state index is 5.61. The fourth-order valence-electron chi connectivity index (χ4n) is 1.99. The van der Waals surface area contributed by atoms with Gasteiger partial charge >= 0.3 is 0 Å². The van der Waals surface area contributed by atoms with Gasteiger partial charge in [0.25, 0.3) is 0 Å². The molecule has 0 aromatic heterocycles. The minimum Gasteiger partial charge on any atom is -0.494 e. The number of rotatable bonds is 5. The summed E-state index contributed by atoms with van der Waals surface area (Å²) in [5, 5.41) is 0. The van der Waals surface area contributed by atoms with Gasteiger partial charge < -0.3 is 9.57 Å². The van der Waals surface area contributed by atoms with E-state index in [4.69, 9.17) is 15.5 Å². The van der Waals surface area contributed by atoms with E-state index in [1.54, 1.807) is 0 Å². The number of ether oxygens (including phenoxy) is 1. The molecule has 0 radical (unpaired) electrons. The van der Waals surface area contributed by atoms with Crippen LogP contribution in [0.2, 0.25) is 0 Å². The predicted molar refractivity (Wildman–Crippen MR) is 58.7 cm³/mol. The third-order valence-electron chi connectivity index (χ3n) is 2.97. The summed E-state index contributed by atoms with van der Waals surface area (Å²) >= 11 is 0. The highest BCUT2D eigenvalue weighted by molar-refractivity contribution is 5.43. The van der Waals surface area contributed by atoms with Gasteiger partial charge in [0.15, 0.2) is 0 Å². The van der Waals surface area contributed by atoms with E-state index in [0.29, 0.717) is 13.2 Å². The van der Waals surface area contributed by atoms with Crippen LogP contribution >= 0.6 is 0 Å². The van der Waals surface area contributed by atoms with Crippen LogP contribution in [0.25, 0.3) is 0 Å². The zero-order valence-electron chi connectivity index (χ0n) is 9.03. The molecule has 0 heterocycles. The molecular weight excluding hydrogens is 190 g/mol. The van der Waals surface area contributed by atoms with E-state index in [2.05, 4.69) is 6.07 Å². The van der Waals surface area contributed by atoms with Crippen LogP contribution in [-0.4, -0.2) is 13.2 Å². The molecule has 3 heteroatoms. The van der Waals surface area contributed by atoms with Crippen LogP contribution in [0.5, 0.6) is 5.75 Å². The van der Waals surface area contributed by atoms with Gasteiger partial charge in [-0.3, -0.25) is 0 Å². The number of benzene rings is 1. The van der Waals surface area contributed by atoms with Crippen molar-refractivity contribution in [3.05, 3.63) is 29.8 Å². The van der Waals surface area contributed by atoms with Crippen molar-refractivity contribution in [2.45, 2.75) is 25.2 Å². The van der Waals surface area contributed by atoms with Gasteiger partial charge in [-0.1, -0.05) is 18.2 Å². The lowest BCUT2D eigenvalue weighted by Gasteiger charge is -2.18. The van der Waals surface area contributed by atoms with Gasteiger partial charge in [-0.25, -0.2) is 5.90 Å². The molecule has 0 spiro atoms. The van der Waals surface area contributed by atoms with Crippen molar-refractivity contribution in [2.24, 2.45) is 5.90 Å². The molecule has 0 saturated heterocycles. The number of para-hydroxylation sites is 1. The molecule has 1 aliphatic rings. The lowest BCUT2D eigenvalue weighted by atomic mass is 9.96. The van der Waals surface area contributed by atoms with Crippen LogP contribution in [0, 0.1) is 0 Å². The highest BCUT2D eigenvalue weighted by Crippen LogP contribution is 2.51. The van der Waals surface area contributed by atoms with Crippen LogP contribution in [0.4, 0.5) is 0 Å². The SMILES string of the molecule is CCOc1ccccc1C1(CON)CC1. The van der Waals surface area contributed by atoms with Gasteiger partial charge in [0.2, 0.25) is 0 Å². The van der Waals surface area contributed by atoms with Crippen LogP contribution in [-0.2, 0) is 10.3 Å². The Hall–Kier alpha value is -1.06. The molecule has 15 heavy (non-hydrogen) atoms. The van der Waals surface area contributed by atoms with E-state index in [1.807, 2.05) is 25.1 Å². The number of hydrogen-bond acceptors (Lipinski definition) is 3. The Morgan fingerprint density at radius 3 is 2.67 bits per heavy atom. The highest BCUT2D eigenvalue weighted by Gasteiger charge is 2.46. The molecule has 0 unspecified atom stereocenters. The monoisotopic (exact) mass is 207 g/mol. The van der Waals surface area contributed by atoms with Crippen LogP contribution in [0.15, 0.2) is 24.3 Å². The topological polar surface area (TPSA) is 44.5 Å². The second kappa shape index (κ2) is 4.21. The standard InChI is InChI=1S/C12H17NO2/c1-2-14-11-6-4-3-5-10(11)12(7-8-12)9-15-13/h3-6H,2,7-9,13H2,1H3. The average Bonchev–Trinajstić information content (AvgIpc) is 3.01. The summed E-state index contributed by atoms with van der Waals surface area (Å²) in [6.45, 7) is 3.27. The first kappa shape index (κ1) is 10.5. The average molecular weight is 207 g/mol. The molecule has 2 N–H and O–H groups in total. The molecule has 1 aromatic carbocycles. The fraction of sp³-hybridized carbons (Fsp3) is 0.500. The summed E-state index contributed by atoms with van der Waals surface area (Å²) in [5.74, 6) is 6.14. The van der Waals surface area contributed by atoms with Gasteiger partial charge in [0.05, 0.1) is 13.2 Å². The van der Waals surface area contributed by atoms with Crippen molar-refractivity contribution in [1.82, 2.24) is 0 Å². The summed E-state index contributed by atoms with van der Waals surface area (Å²) < 4.78 is 5.61. The van der Waals surface area contributed by atoms with E-state index in [0.717, 1.165) is 18.6 Å². The lowest BCUT2D eigenvalue weighted by Crippen LogP contribution is -2.19. The molecule has 0 bridgehead atoms. The first-order valence-corrected chi connectivity index (χ1v) is 5.36. The Balaban J connectivity index is 2.26. The van der Waals surface area contributed by atoms with E-state index < -0.39 is 0 Å². The van der Waals surface area contributed by atoms with E-state index in [-0.39, 0.29) is 5.41 Å². The smallest absolute Gasteiger partial charge is 0.123 e. The molecule has 0 atom stereocenters. The largest absolute Gasteiger partial charge is 0.494 e. The quantitative estimate of drug-likeness (QED) is 0.751. The third kappa shape index (κ3) is 1.98. The minimum atomic E-state index is 0.112. The molecule has 1 saturated carbocycles. The molecule has 0 aliphatic heterocycles. The Morgan fingerprint density at radius 2 is 2.07 bits per heavy atom. The number of nitrogens with two attached hydrogens (primary N) is 1. The van der Waals surface area contributed by atoms with Crippen molar-refractivity contribution < 1.29 is 9.57 Å². The molecule has 3 nitrogen and oxygen atoms in total. The van der Waals surface area contributed by atoms with Gasteiger partial charge in [-0.05, 0) is 25.8 Å². The Bertz CT molecular complexity index is 334. The molecular formula is C12H17NO2. The minimum absolute atomic E-state index is 0.112. The van der Waals surface area contributed by atoms with E-state index in [9.17, 15) is 0 Å². The van der Waals surface area contributed by atoms with Crippen molar-refractivity contribution in [1.29, 1.82) is 0 Å². The van der Waals surface area contributed by atoms with Crippen molar-refractivity contribution in [2.75, 3.05) is 13.2 Å². The zero-order chi connectivity index (χ0) is 10.7. The summed E-state index contributed by atoms with van der Waals surface area (Å²) in [4.78, 5) is 4.80. The fourth-order valence-corrected chi connectivity index (χ4v) is 1.99. The molecule has 0 amide bonds. The molecule has 1 aliphatic carbocycles. The summed E-state index contributed by atoms with van der Waals surface area (Å²) in [6.07, 6.45) is 2.27.